The number of nitrogens with two attached hydrogens (primary N) is 1. The van der Waals surface area contributed by atoms with Gasteiger partial charge in [-0.2, -0.15) is 23.3 Å². The summed E-state index contributed by atoms with van der Waals surface area (Å²) in [5, 5.41) is 5.58. The molecule has 1 aliphatic carbocycles. The van der Waals surface area contributed by atoms with Crippen molar-refractivity contribution in [3.8, 4) is 17.1 Å². The molecule has 4 aromatic rings. The Morgan fingerprint density at radius 1 is 1.15 bits per heavy atom. The topological polar surface area (TPSA) is 133 Å². The Kier molecular flexibility index (Phi) is 7.39. The fraction of sp³-hybridized carbons (Fsp3) is 0.480. The van der Waals surface area contributed by atoms with E-state index in [4.69, 9.17) is 13.5 Å². The van der Waals surface area contributed by atoms with Crippen LogP contribution in [0.25, 0.3) is 22.3 Å². The van der Waals surface area contributed by atoms with Crippen LogP contribution in [0.5, 0.6) is 5.88 Å². The lowest BCUT2D eigenvalue weighted by molar-refractivity contribution is -0.145. The van der Waals surface area contributed by atoms with Crippen LogP contribution in [-0.4, -0.2) is 71.4 Å². The second kappa shape index (κ2) is 10.8. The van der Waals surface area contributed by atoms with Crippen LogP contribution in [0.2, 0.25) is 0 Å². The van der Waals surface area contributed by atoms with Crippen LogP contribution in [0.1, 0.15) is 37.2 Å². The zero-order valence-corrected chi connectivity index (χ0v) is 23.5. The Hall–Kier alpha value is -2.89. The fourth-order valence-electron chi connectivity index (χ4n) is 5.63. The Bertz CT molecular complexity index is 1480. The molecule has 1 saturated heterocycles. The standard InChI is InChI=1S/C25H27F3IN9O2/c26-25(27,28)23-35-16(10-39-29)7-20(36-23)40-18-3-1-17(2-4-18)37-12-24(11-30,13-37)38-9-15(8-34-38)21-19-5-6-31-22(19)33-14-32-21/h5-9,14,17-18H,1-4,10-13,30H2,(H,31,32,33)/t17-,18+. The Labute approximate surface area is 241 Å². The van der Waals surface area contributed by atoms with Crippen LogP contribution < -0.4 is 10.5 Å². The van der Waals surface area contributed by atoms with Crippen molar-refractivity contribution in [2.45, 2.75) is 56.2 Å². The van der Waals surface area contributed by atoms with E-state index in [1.54, 1.807) is 23.0 Å². The van der Waals surface area contributed by atoms with Gasteiger partial charge >= 0.3 is 6.18 Å². The molecule has 5 heterocycles. The number of alkyl halides is 3. The van der Waals surface area contributed by atoms with Crippen LogP contribution in [0.15, 0.2) is 37.1 Å². The van der Waals surface area contributed by atoms with Gasteiger partial charge in [-0.15, -0.1) is 0 Å². The summed E-state index contributed by atoms with van der Waals surface area (Å²) in [5.41, 5.74) is 8.58. The first-order valence-electron chi connectivity index (χ1n) is 12.9. The molecule has 3 N–H and O–H groups in total. The maximum Gasteiger partial charge on any atom is 0.451 e. The van der Waals surface area contributed by atoms with Crippen molar-refractivity contribution in [1.29, 1.82) is 0 Å². The number of likely N-dealkylation sites (tertiary alicyclic amines) is 1. The lowest BCUT2D eigenvalue weighted by Gasteiger charge is -2.53. The van der Waals surface area contributed by atoms with E-state index < -0.39 is 12.0 Å². The molecule has 6 rings (SSSR count). The van der Waals surface area contributed by atoms with E-state index in [0.717, 1.165) is 48.2 Å². The molecule has 4 aromatic heterocycles. The Morgan fingerprint density at radius 3 is 2.67 bits per heavy atom. The van der Waals surface area contributed by atoms with Gasteiger partial charge in [-0.1, -0.05) is 0 Å². The first kappa shape index (κ1) is 27.3. The molecule has 15 heteroatoms. The molecule has 1 aliphatic heterocycles. The second-order valence-electron chi connectivity index (χ2n) is 10.3. The van der Waals surface area contributed by atoms with E-state index in [0.29, 0.717) is 25.4 Å². The number of H-pyrrole nitrogens is 1. The number of nitrogens with one attached hydrogen (secondary N) is 1. The molecule has 0 bridgehead atoms. The van der Waals surface area contributed by atoms with Gasteiger partial charge in [0.05, 0.1) is 17.6 Å². The molecular weight excluding hydrogens is 642 g/mol. The smallest absolute Gasteiger partial charge is 0.451 e. The van der Waals surface area contributed by atoms with Gasteiger partial charge < -0.3 is 18.5 Å². The molecule has 2 fully saturated rings. The molecule has 11 nitrogen and oxygen atoms in total. The van der Waals surface area contributed by atoms with Gasteiger partial charge in [0, 0.05) is 55.1 Å². The molecule has 40 heavy (non-hydrogen) atoms. The minimum absolute atomic E-state index is 0.0691. The molecule has 2 aliphatic rings. The summed E-state index contributed by atoms with van der Waals surface area (Å²) in [4.78, 5) is 21.4. The highest BCUT2D eigenvalue weighted by molar-refractivity contribution is 14.1. The molecule has 0 aromatic carbocycles. The average molecular weight is 669 g/mol. The molecule has 0 spiro atoms. The number of nitrogens with zero attached hydrogens (tertiary/aromatic N) is 7. The van der Waals surface area contributed by atoms with Gasteiger partial charge in [0.25, 0.3) is 0 Å². The van der Waals surface area contributed by atoms with Crippen LogP contribution in [0, 0.1) is 0 Å². The number of hydrogen-bond acceptors (Lipinski definition) is 9. The summed E-state index contributed by atoms with van der Waals surface area (Å²) in [6.45, 7) is 1.92. The maximum absolute atomic E-state index is 13.3. The molecule has 0 unspecified atom stereocenters. The zero-order chi connectivity index (χ0) is 27.9. The quantitative estimate of drug-likeness (QED) is 0.269. The predicted molar refractivity (Wildman–Crippen MR) is 146 cm³/mol. The molecule has 0 amide bonds. The van der Waals surface area contributed by atoms with Crippen molar-refractivity contribution in [3.05, 3.63) is 48.6 Å². The summed E-state index contributed by atoms with van der Waals surface area (Å²) in [6, 6.07) is 3.70. The van der Waals surface area contributed by atoms with Crippen molar-refractivity contribution in [1.82, 2.24) is 39.6 Å². The molecule has 212 valence electrons. The zero-order valence-electron chi connectivity index (χ0n) is 21.3. The van der Waals surface area contributed by atoms with Crippen molar-refractivity contribution >= 4 is 34.0 Å². The molecular formula is C25H27F3IN9O2. The van der Waals surface area contributed by atoms with Crippen molar-refractivity contribution in [2.24, 2.45) is 5.73 Å². The highest BCUT2D eigenvalue weighted by Crippen LogP contribution is 2.37. The van der Waals surface area contributed by atoms with E-state index in [9.17, 15) is 13.2 Å². The minimum Gasteiger partial charge on any atom is -0.474 e. The second-order valence-corrected chi connectivity index (χ2v) is 10.9. The highest BCUT2D eigenvalue weighted by atomic mass is 127. The van der Waals surface area contributed by atoms with E-state index in [2.05, 4.69) is 34.9 Å². The Balaban J connectivity index is 1.07. The first-order valence-corrected chi connectivity index (χ1v) is 13.8. The van der Waals surface area contributed by atoms with E-state index in [1.165, 1.54) is 12.4 Å². The van der Waals surface area contributed by atoms with Gasteiger partial charge in [0.2, 0.25) is 11.7 Å². The first-order chi connectivity index (χ1) is 19.3. The number of aromatic amines is 1. The van der Waals surface area contributed by atoms with Crippen LogP contribution in [-0.2, 0) is 21.4 Å². The Morgan fingerprint density at radius 2 is 1.95 bits per heavy atom. The number of halogens is 4. The lowest BCUT2D eigenvalue weighted by Crippen LogP contribution is -2.68. The van der Waals surface area contributed by atoms with Crippen LogP contribution >= 0.6 is 23.0 Å². The average Bonchev–Trinajstić information content (AvgIpc) is 3.59. The largest absolute Gasteiger partial charge is 0.474 e. The third-order valence-electron chi connectivity index (χ3n) is 7.73. The number of rotatable bonds is 8. The summed E-state index contributed by atoms with van der Waals surface area (Å²) < 4.78 is 52.5. The highest BCUT2D eigenvalue weighted by Gasteiger charge is 2.47. The SMILES string of the molecule is NCC1(n2cc(-c3ncnc4[nH]ccc34)cn2)CN([C@H]2CC[C@@H](Oc3cc(COI)nc(C(F)(F)F)n3)CC2)C1. The van der Waals surface area contributed by atoms with Gasteiger partial charge in [-0.05, 0) is 31.7 Å². The molecule has 0 radical (unpaired) electrons. The number of ether oxygens (including phenoxy) is 1. The summed E-state index contributed by atoms with van der Waals surface area (Å²) >= 11 is 1.62. The van der Waals surface area contributed by atoms with E-state index in [-0.39, 0.29) is 29.8 Å². The predicted octanol–water partition coefficient (Wildman–Crippen LogP) is 3.86. The van der Waals surface area contributed by atoms with E-state index >= 15 is 0 Å². The number of fused-ring (bicyclic) bond motifs is 1. The van der Waals surface area contributed by atoms with Crippen molar-refractivity contribution in [3.63, 3.8) is 0 Å². The van der Waals surface area contributed by atoms with Gasteiger partial charge in [-0.3, -0.25) is 9.58 Å². The van der Waals surface area contributed by atoms with E-state index in [1.807, 2.05) is 29.3 Å². The van der Waals surface area contributed by atoms with Crippen molar-refractivity contribution < 1.29 is 21.0 Å². The maximum atomic E-state index is 13.3. The van der Waals surface area contributed by atoms with Gasteiger partial charge in [0.1, 0.15) is 53.2 Å². The van der Waals surface area contributed by atoms with Crippen LogP contribution in [0.4, 0.5) is 13.2 Å². The monoisotopic (exact) mass is 669 g/mol. The van der Waals surface area contributed by atoms with Gasteiger partial charge in [-0.25, -0.2) is 15.0 Å². The fourth-order valence-corrected chi connectivity index (χ4v) is 5.95. The normalized spacial score (nSPS) is 21.4. The summed E-state index contributed by atoms with van der Waals surface area (Å²) in [5.74, 6) is -1.30. The minimum atomic E-state index is -4.66. The number of hydrogen-bond donors (Lipinski definition) is 2. The number of aromatic nitrogens is 7. The third kappa shape index (κ3) is 5.26. The molecule has 1 saturated carbocycles. The summed E-state index contributed by atoms with van der Waals surface area (Å²) in [7, 11) is 0. The van der Waals surface area contributed by atoms with Crippen molar-refractivity contribution in [2.75, 3.05) is 19.6 Å². The summed E-state index contributed by atoms with van der Waals surface area (Å²) in [6.07, 6.45) is 5.46. The molecule has 0 atom stereocenters. The van der Waals surface area contributed by atoms with Crippen LogP contribution in [0.3, 0.4) is 0 Å². The third-order valence-corrected chi connectivity index (χ3v) is 8.04. The van der Waals surface area contributed by atoms with Gasteiger partial charge in [0.15, 0.2) is 0 Å². The lowest BCUT2D eigenvalue weighted by atomic mass is 9.83.